The third-order valence-electron chi connectivity index (χ3n) is 11.1. The van der Waals surface area contributed by atoms with Gasteiger partial charge < -0.3 is 44.1 Å². The number of hydrogen-bond donors (Lipinski definition) is 4. The zero-order valence-corrected chi connectivity index (χ0v) is 29.9. The van der Waals surface area contributed by atoms with Crippen LogP contribution in [0.3, 0.4) is 0 Å². The number of carbonyl (C=O) groups is 2. The van der Waals surface area contributed by atoms with E-state index in [1.807, 2.05) is 52.8 Å². The average molecular weight is 687 g/mol. The first-order valence-corrected chi connectivity index (χ1v) is 17.5. The molecule has 0 radical (unpaired) electrons. The summed E-state index contributed by atoms with van der Waals surface area (Å²) in [6, 6.07) is 0. The predicted octanol–water partition coefficient (Wildman–Crippen LogP) is 3.60. The lowest BCUT2D eigenvalue weighted by molar-refractivity contribution is -0.380. The van der Waals surface area contributed by atoms with Crippen LogP contribution in [0.2, 0.25) is 0 Å². The van der Waals surface area contributed by atoms with E-state index in [-0.39, 0.29) is 25.4 Å². The maximum atomic E-state index is 14.2. The smallest absolute Gasteiger partial charge is 0.316 e. The maximum Gasteiger partial charge on any atom is 0.316 e. The van der Waals surface area contributed by atoms with Gasteiger partial charge in [-0.3, -0.25) is 9.59 Å². The average Bonchev–Trinajstić information content (AvgIpc) is 3.40. The number of rotatable bonds is 3. The molecule has 4 heterocycles. The molecule has 3 fully saturated rings. The van der Waals surface area contributed by atoms with Gasteiger partial charge in [0.15, 0.2) is 0 Å². The Morgan fingerprint density at radius 1 is 1.08 bits per heavy atom. The molecular formula is C38H54O11. The topological polar surface area (TPSA) is 161 Å². The normalized spacial score (nSPS) is 46.1. The van der Waals surface area contributed by atoms with Crippen molar-refractivity contribution < 1.29 is 53.7 Å². The third-order valence-corrected chi connectivity index (χ3v) is 11.1. The fourth-order valence-corrected chi connectivity index (χ4v) is 7.80. The van der Waals surface area contributed by atoms with Crippen LogP contribution >= 0.6 is 0 Å². The van der Waals surface area contributed by atoms with Gasteiger partial charge in [-0.05, 0) is 56.4 Å². The summed E-state index contributed by atoms with van der Waals surface area (Å²) in [5.41, 5.74) is 0.547. The molecule has 0 unspecified atom stereocenters. The molecule has 1 spiro atoms. The quantitative estimate of drug-likeness (QED) is 0.254. The van der Waals surface area contributed by atoms with E-state index in [2.05, 4.69) is 0 Å². The first kappa shape index (κ1) is 37.6. The molecule has 49 heavy (non-hydrogen) atoms. The molecule has 0 saturated carbocycles. The number of carbonyl (C=O) groups excluding carboxylic acids is 2. The molecule has 5 rings (SSSR count). The lowest BCUT2D eigenvalue weighted by Crippen LogP contribution is -2.67. The van der Waals surface area contributed by atoms with Gasteiger partial charge in [-0.1, -0.05) is 64.2 Å². The van der Waals surface area contributed by atoms with Crippen molar-refractivity contribution in [3.05, 3.63) is 58.7 Å². The van der Waals surface area contributed by atoms with Gasteiger partial charge in [-0.25, -0.2) is 0 Å². The van der Waals surface area contributed by atoms with Crippen molar-refractivity contribution in [2.75, 3.05) is 6.61 Å². The Labute approximate surface area is 289 Å². The standard InChI is InChI=1S/C38H54O11/c1-9-20(4)31-24(8)32(47-35(42)19(2)3)33(41)37(49-31)17-27-16-26(48-37)14-13-22(6)29(39)21(5)11-10-12-25-18-45-34-30(40)23(7)15-28(36(43)46-27)38(25,34)44/h9-13,15,19,21,24,26-34,39-41,44H,14,16-18H2,1-8H3/b11-10+,20-9+,22-13+,25-12+/t21-,24+,26+,27-,28-,29+,30+,31+,32-,33+,34+,37-,38+/m0/s1. The summed E-state index contributed by atoms with van der Waals surface area (Å²) in [4.78, 5) is 27.1. The molecule has 11 heteroatoms. The molecule has 4 N–H and O–H groups in total. The van der Waals surface area contributed by atoms with Crippen molar-refractivity contribution >= 4 is 11.9 Å². The molecule has 3 saturated heterocycles. The van der Waals surface area contributed by atoms with E-state index < -0.39 is 89.9 Å². The van der Waals surface area contributed by atoms with Crippen molar-refractivity contribution in [2.24, 2.45) is 23.7 Å². The molecule has 13 atom stereocenters. The molecule has 5 aliphatic rings. The van der Waals surface area contributed by atoms with E-state index in [1.54, 1.807) is 32.9 Å². The van der Waals surface area contributed by atoms with Gasteiger partial charge >= 0.3 is 11.9 Å². The SMILES string of the molecule is C/C=C(\C)[C@H]1O[C@@]2(C[C@@H]3C[C@@H](C/C=C(\C)[C@H](O)[C@@H](C)/C=C/C=C4\CO[C@@H]5[C@H](O)C(C)=C[C@@H](C(=O)O3)[C@]45O)O2)[C@H](O)[C@@H](OC(=O)C(C)C)[C@@H]1C. The molecule has 0 aromatic heterocycles. The van der Waals surface area contributed by atoms with Crippen molar-refractivity contribution in [3.8, 4) is 0 Å². The lowest BCUT2D eigenvalue weighted by atomic mass is 9.71. The summed E-state index contributed by atoms with van der Waals surface area (Å²) in [6.07, 6.45) is 3.46. The number of hydrogen-bond acceptors (Lipinski definition) is 11. The van der Waals surface area contributed by atoms with E-state index in [1.165, 1.54) is 6.08 Å². The lowest BCUT2D eigenvalue weighted by Gasteiger charge is -2.54. The highest BCUT2D eigenvalue weighted by molar-refractivity contribution is 5.78. The summed E-state index contributed by atoms with van der Waals surface area (Å²) < 4.78 is 31.4. The Morgan fingerprint density at radius 3 is 2.47 bits per heavy atom. The van der Waals surface area contributed by atoms with Crippen LogP contribution < -0.4 is 0 Å². The first-order valence-electron chi connectivity index (χ1n) is 17.5. The van der Waals surface area contributed by atoms with Crippen molar-refractivity contribution in [1.29, 1.82) is 0 Å². The minimum Gasteiger partial charge on any atom is -0.462 e. The minimum atomic E-state index is -1.89. The second-order valence-corrected chi connectivity index (χ2v) is 14.9. The van der Waals surface area contributed by atoms with Crippen LogP contribution in [0, 0.1) is 23.7 Å². The first-order chi connectivity index (χ1) is 23.0. The third kappa shape index (κ3) is 7.00. The van der Waals surface area contributed by atoms with Gasteiger partial charge in [0.05, 0.1) is 30.8 Å². The van der Waals surface area contributed by atoms with E-state index in [4.69, 9.17) is 23.7 Å². The highest BCUT2D eigenvalue weighted by atomic mass is 16.7. The van der Waals surface area contributed by atoms with Crippen LogP contribution in [0.5, 0.6) is 0 Å². The molecule has 1 aliphatic carbocycles. The van der Waals surface area contributed by atoms with Gasteiger partial charge in [0.1, 0.15) is 42.0 Å². The van der Waals surface area contributed by atoms with Crippen LogP contribution in [-0.4, -0.2) is 99.2 Å². The van der Waals surface area contributed by atoms with Gasteiger partial charge in [0, 0.05) is 24.7 Å². The highest BCUT2D eigenvalue weighted by Crippen LogP contribution is 2.48. The molecule has 2 bridgehead atoms. The van der Waals surface area contributed by atoms with Crippen LogP contribution in [0.25, 0.3) is 0 Å². The zero-order chi connectivity index (χ0) is 36.0. The summed E-state index contributed by atoms with van der Waals surface area (Å²) in [5, 5.41) is 46.4. The van der Waals surface area contributed by atoms with Gasteiger partial charge in [0.25, 0.3) is 0 Å². The number of esters is 2. The Balaban J connectivity index is 1.59. The highest BCUT2D eigenvalue weighted by Gasteiger charge is 2.62. The van der Waals surface area contributed by atoms with E-state index in [9.17, 15) is 30.0 Å². The van der Waals surface area contributed by atoms with Gasteiger partial charge in [0.2, 0.25) is 5.79 Å². The Kier molecular flexibility index (Phi) is 11.2. The molecule has 0 amide bonds. The summed E-state index contributed by atoms with van der Waals surface area (Å²) >= 11 is 0. The van der Waals surface area contributed by atoms with E-state index in [0.29, 0.717) is 23.1 Å². The Bertz CT molecular complexity index is 1430. The Morgan fingerprint density at radius 2 is 1.80 bits per heavy atom. The second kappa shape index (κ2) is 14.5. The fraction of sp³-hybridized carbons (Fsp3) is 0.684. The zero-order valence-electron chi connectivity index (χ0n) is 29.9. The summed E-state index contributed by atoms with van der Waals surface area (Å²) in [5.74, 6) is -5.28. The molecule has 0 aromatic carbocycles. The number of fused-ring (bicyclic) bond motifs is 2. The largest absolute Gasteiger partial charge is 0.462 e. The Hall–Kier alpha value is -2.64. The molecule has 4 aliphatic heterocycles. The van der Waals surface area contributed by atoms with Gasteiger partial charge in [-0.15, -0.1) is 0 Å². The molecule has 11 nitrogen and oxygen atoms in total. The van der Waals surface area contributed by atoms with Crippen molar-refractivity contribution in [2.45, 2.75) is 135 Å². The van der Waals surface area contributed by atoms with Crippen LogP contribution in [-0.2, 0) is 33.3 Å². The van der Waals surface area contributed by atoms with E-state index in [0.717, 1.165) is 5.57 Å². The number of ether oxygens (including phenoxy) is 5. The monoisotopic (exact) mass is 686 g/mol. The van der Waals surface area contributed by atoms with Gasteiger partial charge in [-0.2, -0.15) is 0 Å². The number of aliphatic hydroxyl groups excluding tert-OH is 3. The second-order valence-electron chi connectivity index (χ2n) is 14.9. The molecule has 272 valence electrons. The maximum absolute atomic E-state index is 14.2. The van der Waals surface area contributed by atoms with Crippen LogP contribution in [0.4, 0.5) is 0 Å². The fourth-order valence-electron chi connectivity index (χ4n) is 7.80. The minimum absolute atomic E-state index is 0.00776. The van der Waals surface area contributed by atoms with Crippen LogP contribution in [0.1, 0.15) is 74.7 Å². The molecular weight excluding hydrogens is 632 g/mol. The molecule has 0 aromatic rings. The van der Waals surface area contributed by atoms with E-state index >= 15 is 0 Å². The van der Waals surface area contributed by atoms with Crippen molar-refractivity contribution in [1.82, 2.24) is 0 Å². The number of aliphatic hydroxyl groups is 4. The number of allylic oxidation sites excluding steroid dienone is 3. The van der Waals surface area contributed by atoms with Crippen molar-refractivity contribution in [3.63, 3.8) is 0 Å². The summed E-state index contributed by atoms with van der Waals surface area (Å²) in [6.45, 7) is 14.4. The predicted molar refractivity (Wildman–Crippen MR) is 180 cm³/mol. The summed E-state index contributed by atoms with van der Waals surface area (Å²) in [7, 11) is 0. The van der Waals surface area contributed by atoms with Crippen LogP contribution in [0.15, 0.2) is 58.7 Å².